The number of hydrogen-bond acceptors (Lipinski definition) is 4. The number of amides is 1. The Morgan fingerprint density at radius 2 is 2.11 bits per heavy atom. The molecule has 0 aliphatic heterocycles. The number of aromatic nitrogens is 1. The molecule has 0 fully saturated rings. The lowest BCUT2D eigenvalue weighted by molar-refractivity contribution is -0.116. The molecule has 6 nitrogen and oxygen atoms in total. The summed E-state index contributed by atoms with van der Waals surface area (Å²) in [6.07, 6.45) is 0.347. The molecule has 0 saturated carbocycles. The van der Waals surface area contributed by atoms with Gasteiger partial charge in [0.15, 0.2) is 5.96 Å². The van der Waals surface area contributed by atoms with Crippen LogP contribution < -0.4 is 16.0 Å². The standard InChI is InChI=1S/C19H27N5OS.HI/c1-4-20-19(22-12-14(2)16-9-11-26-13-16)21-10-8-18(25)24-17-7-5-6-15(3)23-17;/h5-7,9,11,13-14H,4,8,10,12H2,1-3H3,(H2,20,21,22)(H,23,24,25);1H. The molecule has 148 valence electrons. The fourth-order valence-corrected chi connectivity index (χ4v) is 3.13. The first-order chi connectivity index (χ1) is 12.6. The van der Waals surface area contributed by atoms with Crippen molar-refractivity contribution in [3.63, 3.8) is 0 Å². The molecule has 2 aromatic heterocycles. The highest BCUT2D eigenvalue weighted by Crippen LogP contribution is 2.18. The molecule has 0 aliphatic rings. The fraction of sp³-hybridized carbons (Fsp3) is 0.421. The van der Waals surface area contributed by atoms with Crippen molar-refractivity contribution in [2.75, 3.05) is 25.0 Å². The third-order valence-electron chi connectivity index (χ3n) is 3.78. The summed E-state index contributed by atoms with van der Waals surface area (Å²) < 4.78 is 0. The largest absolute Gasteiger partial charge is 0.357 e. The van der Waals surface area contributed by atoms with Gasteiger partial charge in [-0.3, -0.25) is 9.79 Å². The normalized spacial score (nSPS) is 12.0. The number of pyridine rings is 1. The molecule has 2 aromatic rings. The Hall–Kier alpha value is -1.68. The SMILES string of the molecule is CCNC(=NCC(C)c1ccsc1)NCCC(=O)Nc1cccc(C)n1.I. The van der Waals surface area contributed by atoms with E-state index in [4.69, 9.17) is 0 Å². The molecule has 0 radical (unpaired) electrons. The molecule has 0 aromatic carbocycles. The smallest absolute Gasteiger partial charge is 0.227 e. The first-order valence-corrected chi connectivity index (χ1v) is 9.80. The van der Waals surface area contributed by atoms with Gasteiger partial charge in [-0.2, -0.15) is 11.3 Å². The Morgan fingerprint density at radius 3 is 2.78 bits per heavy atom. The van der Waals surface area contributed by atoms with Gasteiger partial charge in [-0.05, 0) is 48.4 Å². The van der Waals surface area contributed by atoms with Crippen LogP contribution >= 0.6 is 35.3 Å². The number of nitrogens with zero attached hydrogens (tertiary/aromatic N) is 2. The number of nitrogens with one attached hydrogen (secondary N) is 3. The molecule has 1 amide bonds. The van der Waals surface area contributed by atoms with Gasteiger partial charge in [-0.1, -0.05) is 13.0 Å². The summed E-state index contributed by atoms with van der Waals surface area (Å²) in [5.74, 6) is 1.61. The molecule has 2 rings (SSSR count). The lowest BCUT2D eigenvalue weighted by Gasteiger charge is -2.13. The van der Waals surface area contributed by atoms with Crippen LogP contribution in [0.3, 0.4) is 0 Å². The zero-order valence-electron chi connectivity index (χ0n) is 16.0. The number of guanidine groups is 1. The number of halogens is 1. The second-order valence-corrected chi connectivity index (χ2v) is 6.85. The summed E-state index contributed by atoms with van der Waals surface area (Å²) in [5.41, 5.74) is 2.18. The van der Waals surface area contributed by atoms with E-state index in [1.165, 1.54) is 5.56 Å². The highest BCUT2D eigenvalue weighted by Gasteiger charge is 2.07. The number of thiophene rings is 1. The first-order valence-electron chi connectivity index (χ1n) is 8.86. The second-order valence-electron chi connectivity index (χ2n) is 6.07. The predicted octanol–water partition coefficient (Wildman–Crippen LogP) is 3.76. The quantitative estimate of drug-likeness (QED) is 0.293. The molecule has 3 N–H and O–H groups in total. The number of aliphatic imine (C=N–C) groups is 1. The van der Waals surface area contributed by atoms with Gasteiger partial charge in [0.05, 0.1) is 0 Å². The van der Waals surface area contributed by atoms with E-state index >= 15 is 0 Å². The maximum absolute atomic E-state index is 12.0. The van der Waals surface area contributed by atoms with Gasteiger partial charge in [-0.25, -0.2) is 4.98 Å². The molecule has 0 bridgehead atoms. The zero-order chi connectivity index (χ0) is 18.8. The molecule has 8 heteroatoms. The summed E-state index contributed by atoms with van der Waals surface area (Å²) in [4.78, 5) is 20.9. The summed E-state index contributed by atoms with van der Waals surface area (Å²) in [6.45, 7) is 8.07. The number of hydrogen-bond donors (Lipinski definition) is 3. The van der Waals surface area contributed by atoms with Crippen molar-refractivity contribution in [3.8, 4) is 0 Å². The lowest BCUT2D eigenvalue weighted by Crippen LogP contribution is -2.39. The molecule has 0 aliphatic carbocycles. The van der Waals surface area contributed by atoms with Crippen LogP contribution in [0.5, 0.6) is 0 Å². The number of rotatable bonds is 8. The summed E-state index contributed by atoms with van der Waals surface area (Å²) in [5, 5.41) is 13.5. The highest BCUT2D eigenvalue weighted by atomic mass is 127. The van der Waals surface area contributed by atoms with Gasteiger partial charge in [0, 0.05) is 37.7 Å². The highest BCUT2D eigenvalue weighted by molar-refractivity contribution is 14.0. The molecular weight excluding hydrogens is 473 g/mol. The molecule has 0 spiro atoms. The molecule has 1 atom stereocenters. The van der Waals surface area contributed by atoms with Gasteiger partial charge < -0.3 is 16.0 Å². The van der Waals surface area contributed by atoms with E-state index in [1.54, 1.807) is 17.4 Å². The Morgan fingerprint density at radius 1 is 1.30 bits per heavy atom. The summed E-state index contributed by atoms with van der Waals surface area (Å²) in [6, 6.07) is 7.69. The minimum atomic E-state index is -0.0712. The first kappa shape index (κ1) is 23.4. The van der Waals surface area contributed by atoms with E-state index in [1.807, 2.05) is 26.0 Å². The van der Waals surface area contributed by atoms with Crippen LogP contribution in [0.25, 0.3) is 0 Å². The van der Waals surface area contributed by atoms with Gasteiger partial charge in [0.2, 0.25) is 5.91 Å². The van der Waals surface area contributed by atoms with Crippen LogP contribution in [-0.4, -0.2) is 36.5 Å². The van der Waals surface area contributed by atoms with E-state index in [0.717, 1.165) is 18.2 Å². The maximum Gasteiger partial charge on any atom is 0.227 e. The fourth-order valence-electron chi connectivity index (χ4n) is 2.34. The lowest BCUT2D eigenvalue weighted by atomic mass is 10.1. The topological polar surface area (TPSA) is 78.4 Å². The van der Waals surface area contributed by atoms with Crippen LogP contribution in [0.15, 0.2) is 40.0 Å². The minimum absolute atomic E-state index is 0. The molecule has 2 heterocycles. The van der Waals surface area contributed by atoms with E-state index in [-0.39, 0.29) is 29.9 Å². The van der Waals surface area contributed by atoms with E-state index in [0.29, 0.717) is 31.2 Å². The van der Waals surface area contributed by atoms with Gasteiger partial charge >= 0.3 is 0 Å². The zero-order valence-corrected chi connectivity index (χ0v) is 19.1. The van der Waals surface area contributed by atoms with Crippen molar-refractivity contribution < 1.29 is 4.79 Å². The van der Waals surface area contributed by atoms with Crippen molar-refractivity contribution in [2.45, 2.75) is 33.1 Å². The van der Waals surface area contributed by atoms with Crippen LogP contribution in [0.4, 0.5) is 5.82 Å². The van der Waals surface area contributed by atoms with E-state index in [2.05, 4.69) is 49.7 Å². The van der Waals surface area contributed by atoms with Crippen molar-refractivity contribution in [1.29, 1.82) is 0 Å². The third-order valence-corrected chi connectivity index (χ3v) is 4.48. The maximum atomic E-state index is 12.0. The van der Waals surface area contributed by atoms with Crippen molar-refractivity contribution in [3.05, 3.63) is 46.3 Å². The van der Waals surface area contributed by atoms with Gasteiger partial charge in [0.25, 0.3) is 0 Å². The predicted molar refractivity (Wildman–Crippen MR) is 124 cm³/mol. The Labute approximate surface area is 182 Å². The monoisotopic (exact) mass is 501 g/mol. The molecule has 0 saturated heterocycles. The van der Waals surface area contributed by atoms with Crippen molar-refractivity contribution >= 4 is 53.0 Å². The van der Waals surface area contributed by atoms with Crippen LogP contribution in [0.2, 0.25) is 0 Å². The third kappa shape index (κ3) is 8.70. The van der Waals surface area contributed by atoms with Crippen molar-refractivity contribution in [2.24, 2.45) is 4.99 Å². The average molecular weight is 501 g/mol. The number of anilines is 1. The van der Waals surface area contributed by atoms with Crippen molar-refractivity contribution in [1.82, 2.24) is 15.6 Å². The van der Waals surface area contributed by atoms with E-state index < -0.39 is 0 Å². The Balaban J connectivity index is 0.00000364. The van der Waals surface area contributed by atoms with Crippen LogP contribution in [0.1, 0.15) is 37.4 Å². The van der Waals surface area contributed by atoms with Gasteiger partial charge in [-0.15, -0.1) is 24.0 Å². The average Bonchev–Trinajstić information content (AvgIpc) is 3.14. The summed E-state index contributed by atoms with van der Waals surface area (Å²) >= 11 is 1.70. The van der Waals surface area contributed by atoms with Crippen LogP contribution in [-0.2, 0) is 4.79 Å². The number of aryl methyl sites for hydroxylation is 1. The second kappa shape index (κ2) is 12.7. The van der Waals surface area contributed by atoms with Gasteiger partial charge in [0.1, 0.15) is 5.82 Å². The van der Waals surface area contributed by atoms with E-state index in [9.17, 15) is 4.79 Å². The summed E-state index contributed by atoms with van der Waals surface area (Å²) in [7, 11) is 0. The molecule has 27 heavy (non-hydrogen) atoms. The minimum Gasteiger partial charge on any atom is -0.357 e. The number of carbonyl (C=O) groups is 1. The van der Waals surface area contributed by atoms with Crippen LogP contribution in [0, 0.1) is 6.92 Å². The Kier molecular flexibility index (Phi) is 11.0. The molecule has 1 unspecified atom stereocenters. The number of carbonyl (C=O) groups excluding carboxylic acids is 1. The Bertz CT molecular complexity index is 721. The molecular formula is C19H28IN5OS.